The lowest BCUT2D eigenvalue weighted by molar-refractivity contribution is -0.113. The average molecular weight is 481 g/mol. The smallest absolute Gasteiger partial charge is 0.234 e. The van der Waals surface area contributed by atoms with Crippen LogP contribution in [0.1, 0.15) is 0 Å². The van der Waals surface area contributed by atoms with Crippen molar-refractivity contribution in [2.75, 3.05) is 25.3 Å². The normalized spacial score (nSPS) is 10.6. The zero-order valence-electron chi connectivity index (χ0n) is 18.0. The predicted octanol–water partition coefficient (Wildman–Crippen LogP) is 5.34. The first kappa shape index (κ1) is 22.7. The summed E-state index contributed by atoms with van der Waals surface area (Å²) < 4.78 is 12.5. The summed E-state index contributed by atoms with van der Waals surface area (Å²) in [5, 5.41) is 12.6. The number of methoxy groups -OCH3 is 2. The minimum absolute atomic E-state index is 0.118. The van der Waals surface area contributed by atoms with Crippen molar-refractivity contribution in [3.8, 4) is 28.6 Å². The fourth-order valence-electron chi connectivity index (χ4n) is 3.22. The SMILES string of the molecule is COc1cc(OC)c(NC(=O)CSc2nnc(-c3ccccc3)n2-c2ccccc2)cc1Cl. The van der Waals surface area contributed by atoms with Crippen molar-refractivity contribution in [2.45, 2.75) is 5.16 Å². The highest BCUT2D eigenvalue weighted by Gasteiger charge is 2.18. The molecular weight excluding hydrogens is 460 g/mol. The van der Waals surface area contributed by atoms with Crippen molar-refractivity contribution in [2.24, 2.45) is 0 Å². The number of aromatic nitrogens is 3. The van der Waals surface area contributed by atoms with E-state index in [1.54, 1.807) is 12.1 Å². The van der Waals surface area contributed by atoms with E-state index in [4.69, 9.17) is 21.1 Å². The van der Waals surface area contributed by atoms with Crippen LogP contribution in [0.15, 0.2) is 78.0 Å². The van der Waals surface area contributed by atoms with Crippen LogP contribution in [-0.2, 0) is 4.79 Å². The highest BCUT2D eigenvalue weighted by Crippen LogP contribution is 2.36. The molecule has 0 fully saturated rings. The minimum atomic E-state index is -0.233. The molecule has 0 aliphatic heterocycles. The Bertz CT molecular complexity index is 1250. The molecule has 0 spiro atoms. The summed E-state index contributed by atoms with van der Waals surface area (Å²) >= 11 is 7.49. The molecule has 0 aliphatic carbocycles. The molecule has 0 unspecified atom stereocenters. The van der Waals surface area contributed by atoms with Crippen LogP contribution < -0.4 is 14.8 Å². The molecule has 0 aliphatic rings. The number of para-hydroxylation sites is 1. The summed E-state index contributed by atoms with van der Waals surface area (Å²) in [6.07, 6.45) is 0. The maximum absolute atomic E-state index is 12.7. The molecule has 1 amide bonds. The first-order valence-electron chi connectivity index (χ1n) is 10.0. The number of hydrogen-bond acceptors (Lipinski definition) is 6. The van der Waals surface area contributed by atoms with E-state index in [1.807, 2.05) is 65.2 Å². The van der Waals surface area contributed by atoms with E-state index in [2.05, 4.69) is 15.5 Å². The lowest BCUT2D eigenvalue weighted by Gasteiger charge is -2.13. The molecule has 1 N–H and O–H groups in total. The topological polar surface area (TPSA) is 78.3 Å². The molecule has 0 saturated carbocycles. The Morgan fingerprint density at radius 3 is 2.30 bits per heavy atom. The maximum atomic E-state index is 12.7. The molecule has 4 rings (SSSR count). The van der Waals surface area contributed by atoms with Crippen LogP contribution >= 0.6 is 23.4 Å². The van der Waals surface area contributed by atoms with Gasteiger partial charge in [-0.15, -0.1) is 10.2 Å². The van der Waals surface area contributed by atoms with Gasteiger partial charge in [-0.05, 0) is 18.2 Å². The number of carbonyl (C=O) groups is 1. The number of nitrogens with zero attached hydrogens (tertiary/aromatic N) is 3. The van der Waals surface area contributed by atoms with Crippen LogP contribution in [0.5, 0.6) is 11.5 Å². The molecule has 0 bridgehead atoms. The molecule has 168 valence electrons. The van der Waals surface area contributed by atoms with E-state index in [1.165, 1.54) is 26.0 Å². The summed E-state index contributed by atoms with van der Waals surface area (Å²) in [5.74, 6) is 1.50. The van der Waals surface area contributed by atoms with E-state index >= 15 is 0 Å². The number of benzene rings is 3. The van der Waals surface area contributed by atoms with Crippen LogP contribution in [0.4, 0.5) is 5.69 Å². The van der Waals surface area contributed by atoms with Gasteiger partial charge in [-0.1, -0.05) is 71.9 Å². The lowest BCUT2D eigenvalue weighted by Crippen LogP contribution is -2.15. The third-order valence-corrected chi connectivity index (χ3v) is 5.98. The molecule has 0 atom stereocenters. The van der Waals surface area contributed by atoms with E-state index in [0.29, 0.717) is 33.2 Å². The van der Waals surface area contributed by atoms with E-state index < -0.39 is 0 Å². The lowest BCUT2D eigenvalue weighted by atomic mass is 10.2. The predicted molar refractivity (Wildman–Crippen MR) is 131 cm³/mol. The van der Waals surface area contributed by atoms with Crippen LogP contribution in [0.25, 0.3) is 17.1 Å². The largest absolute Gasteiger partial charge is 0.495 e. The highest BCUT2D eigenvalue weighted by atomic mass is 35.5. The zero-order chi connectivity index (χ0) is 23.2. The van der Waals surface area contributed by atoms with Gasteiger partial charge < -0.3 is 14.8 Å². The van der Waals surface area contributed by atoms with Crippen molar-refractivity contribution in [1.82, 2.24) is 14.8 Å². The summed E-state index contributed by atoms with van der Waals surface area (Å²) in [6.45, 7) is 0. The van der Waals surface area contributed by atoms with Gasteiger partial charge in [0.1, 0.15) is 11.5 Å². The van der Waals surface area contributed by atoms with Gasteiger partial charge in [0.15, 0.2) is 11.0 Å². The van der Waals surface area contributed by atoms with Crippen molar-refractivity contribution in [1.29, 1.82) is 0 Å². The van der Waals surface area contributed by atoms with Gasteiger partial charge in [0.2, 0.25) is 5.91 Å². The Balaban J connectivity index is 1.56. The molecule has 4 aromatic rings. The third kappa shape index (κ3) is 5.13. The van der Waals surface area contributed by atoms with Crippen LogP contribution in [0, 0.1) is 0 Å². The van der Waals surface area contributed by atoms with Crippen LogP contribution in [0.2, 0.25) is 5.02 Å². The molecule has 9 heteroatoms. The first-order chi connectivity index (χ1) is 16.1. The number of anilines is 1. The number of amides is 1. The molecule has 1 aromatic heterocycles. The minimum Gasteiger partial charge on any atom is -0.495 e. The quantitative estimate of drug-likeness (QED) is 0.343. The average Bonchev–Trinajstić information content (AvgIpc) is 3.28. The van der Waals surface area contributed by atoms with E-state index in [0.717, 1.165) is 11.3 Å². The Morgan fingerprint density at radius 1 is 0.970 bits per heavy atom. The fourth-order valence-corrected chi connectivity index (χ4v) is 4.21. The van der Waals surface area contributed by atoms with Gasteiger partial charge >= 0.3 is 0 Å². The Labute approximate surface area is 200 Å². The van der Waals surface area contributed by atoms with Crippen LogP contribution in [-0.4, -0.2) is 40.6 Å². The number of rotatable bonds is 8. The standard InChI is InChI=1S/C24H21ClN4O3S/c1-31-20-14-21(32-2)19(13-18(20)25)26-22(30)15-33-24-28-27-23(16-9-5-3-6-10-16)29(24)17-11-7-4-8-12-17/h3-14H,15H2,1-2H3,(H,26,30). The number of carbonyl (C=O) groups excluding carboxylic acids is 1. The summed E-state index contributed by atoms with van der Waals surface area (Å²) in [7, 11) is 3.03. The van der Waals surface area contributed by atoms with Crippen LogP contribution in [0.3, 0.4) is 0 Å². The summed E-state index contributed by atoms with van der Waals surface area (Å²) in [4.78, 5) is 12.7. The van der Waals surface area contributed by atoms with Gasteiger partial charge in [0.25, 0.3) is 0 Å². The monoisotopic (exact) mass is 480 g/mol. The van der Waals surface area contributed by atoms with E-state index in [9.17, 15) is 4.79 Å². The second kappa shape index (κ2) is 10.4. The molecular formula is C24H21ClN4O3S. The van der Waals surface area contributed by atoms with Gasteiger partial charge in [-0.25, -0.2) is 0 Å². The Morgan fingerprint density at radius 2 is 1.64 bits per heavy atom. The highest BCUT2D eigenvalue weighted by molar-refractivity contribution is 7.99. The van der Waals surface area contributed by atoms with Crippen molar-refractivity contribution < 1.29 is 14.3 Å². The van der Waals surface area contributed by atoms with Crippen molar-refractivity contribution in [3.63, 3.8) is 0 Å². The third-order valence-electron chi connectivity index (χ3n) is 4.76. The molecule has 0 saturated heterocycles. The van der Waals surface area contributed by atoms with Gasteiger partial charge in [0.05, 0.1) is 30.7 Å². The molecule has 3 aromatic carbocycles. The molecule has 1 heterocycles. The fraction of sp³-hybridized carbons (Fsp3) is 0.125. The van der Waals surface area contributed by atoms with Crippen molar-refractivity contribution >= 4 is 35.0 Å². The van der Waals surface area contributed by atoms with E-state index in [-0.39, 0.29) is 11.7 Å². The van der Waals surface area contributed by atoms with Crippen molar-refractivity contribution in [3.05, 3.63) is 77.8 Å². The number of nitrogens with one attached hydrogen (secondary N) is 1. The number of ether oxygens (including phenoxy) is 2. The second-order valence-corrected chi connectivity index (χ2v) is 8.22. The maximum Gasteiger partial charge on any atom is 0.234 e. The first-order valence-corrected chi connectivity index (χ1v) is 11.4. The van der Waals surface area contributed by atoms with Gasteiger partial charge in [0, 0.05) is 17.3 Å². The number of thioether (sulfide) groups is 1. The van der Waals surface area contributed by atoms with Gasteiger partial charge in [-0.3, -0.25) is 9.36 Å². The number of hydrogen-bond donors (Lipinski definition) is 1. The second-order valence-electron chi connectivity index (χ2n) is 6.87. The van der Waals surface area contributed by atoms with Gasteiger partial charge in [-0.2, -0.15) is 0 Å². The summed E-state index contributed by atoms with van der Waals surface area (Å²) in [6, 6.07) is 22.8. The molecule has 0 radical (unpaired) electrons. The summed E-state index contributed by atoms with van der Waals surface area (Å²) in [5.41, 5.74) is 2.30. The zero-order valence-corrected chi connectivity index (χ0v) is 19.6. The molecule has 7 nitrogen and oxygen atoms in total. The Hall–Kier alpha value is -3.49. The Kier molecular flexibility index (Phi) is 7.16. The molecule has 33 heavy (non-hydrogen) atoms. The number of halogens is 1.